The highest BCUT2D eigenvalue weighted by Gasteiger charge is 2.20. The Morgan fingerprint density at radius 3 is 2.42 bits per heavy atom. The number of carbonyl (C=O) groups is 1. The van der Waals surface area contributed by atoms with Gasteiger partial charge < -0.3 is 15.4 Å². The van der Waals surface area contributed by atoms with Gasteiger partial charge >= 0.3 is 5.97 Å². The summed E-state index contributed by atoms with van der Waals surface area (Å²) >= 11 is 0. The molecule has 0 bridgehead atoms. The van der Waals surface area contributed by atoms with Crippen molar-refractivity contribution < 1.29 is 9.53 Å². The second-order valence-electron chi connectivity index (χ2n) is 6.04. The minimum atomic E-state index is -0.461. The van der Waals surface area contributed by atoms with Crippen molar-refractivity contribution in [2.45, 2.75) is 38.8 Å². The van der Waals surface area contributed by atoms with Crippen LogP contribution in [-0.2, 0) is 4.74 Å². The molecule has 1 aromatic rings. The lowest BCUT2D eigenvalue weighted by atomic mass is 10.1. The molecule has 1 atom stereocenters. The largest absolute Gasteiger partial charge is 0.456 e. The number of benzene rings is 1. The molecule has 4 heteroatoms. The molecule has 2 rings (SSSR count). The lowest BCUT2D eigenvalue weighted by molar-refractivity contribution is 0.00696. The number of nitrogens with two attached hydrogens (primary N) is 1. The summed E-state index contributed by atoms with van der Waals surface area (Å²) in [5, 5.41) is 0. The number of hydrogen-bond acceptors (Lipinski definition) is 4. The molecular formula is C15H22N2O2. The normalized spacial score (nSPS) is 19.6. The smallest absolute Gasteiger partial charge is 0.338 e. The molecule has 1 aromatic carbocycles. The SMILES string of the molecule is CC(C)(C)OC(=O)c1ccc(N2CC[C@@H](N)C2)cc1. The van der Waals surface area contributed by atoms with Crippen molar-refractivity contribution in [2.75, 3.05) is 18.0 Å². The molecular weight excluding hydrogens is 240 g/mol. The number of carbonyl (C=O) groups excluding carboxylic acids is 1. The summed E-state index contributed by atoms with van der Waals surface area (Å²) in [7, 11) is 0. The second kappa shape index (κ2) is 5.21. The first-order chi connectivity index (χ1) is 8.85. The molecule has 0 aliphatic carbocycles. The van der Waals surface area contributed by atoms with Crippen LogP contribution in [0.2, 0.25) is 0 Å². The van der Waals surface area contributed by atoms with Crippen LogP contribution in [0.3, 0.4) is 0 Å². The van der Waals surface area contributed by atoms with Gasteiger partial charge in [0.05, 0.1) is 5.56 Å². The van der Waals surface area contributed by atoms with Gasteiger partial charge in [-0.25, -0.2) is 4.79 Å². The van der Waals surface area contributed by atoms with Crippen LogP contribution < -0.4 is 10.6 Å². The Morgan fingerprint density at radius 2 is 1.95 bits per heavy atom. The standard InChI is InChI=1S/C15H22N2O2/c1-15(2,3)19-14(18)11-4-6-13(7-5-11)17-9-8-12(16)10-17/h4-7,12H,8-10,16H2,1-3H3/t12-/m1/s1. The van der Waals surface area contributed by atoms with Gasteiger partial charge in [-0.2, -0.15) is 0 Å². The topological polar surface area (TPSA) is 55.6 Å². The van der Waals surface area contributed by atoms with E-state index in [-0.39, 0.29) is 12.0 Å². The Hall–Kier alpha value is -1.55. The molecule has 0 unspecified atom stereocenters. The molecule has 1 heterocycles. The average Bonchev–Trinajstić information content (AvgIpc) is 2.74. The lowest BCUT2D eigenvalue weighted by Gasteiger charge is -2.20. The molecule has 2 N–H and O–H groups in total. The van der Waals surface area contributed by atoms with Crippen molar-refractivity contribution >= 4 is 11.7 Å². The zero-order chi connectivity index (χ0) is 14.0. The van der Waals surface area contributed by atoms with Crippen LogP contribution in [0.4, 0.5) is 5.69 Å². The van der Waals surface area contributed by atoms with Gasteiger partial charge in [0.1, 0.15) is 5.60 Å². The summed E-state index contributed by atoms with van der Waals surface area (Å²) in [5.41, 5.74) is 7.13. The van der Waals surface area contributed by atoms with Crippen LogP contribution in [0.15, 0.2) is 24.3 Å². The third-order valence-corrected chi connectivity index (χ3v) is 3.09. The van der Waals surface area contributed by atoms with E-state index in [0.29, 0.717) is 5.56 Å². The maximum Gasteiger partial charge on any atom is 0.338 e. The summed E-state index contributed by atoms with van der Waals surface area (Å²) in [6.45, 7) is 7.46. The van der Waals surface area contributed by atoms with Crippen LogP contribution >= 0.6 is 0 Å². The Morgan fingerprint density at radius 1 is 1.32 bits per heavy atom. The molecule has 104 valence electrons. The van der Waals surface area contributed by atoms with Gasteiger partial charge in [-0.15, -0.1) is 0 Å². The molecule has 0 spiro atoms. The van der Waals surface area contributed by atoms with E-state index in [9.17, 15) is 4.79 Å². The highest BCUT2D eigenvalue weighted by Crippen LogP contribution is 2.21. The monoisotopic (exact) mass is 262 g/mol. The van der Waals surface area contributed by atoms with Gasteiger partial charge in [-0.3, -0.25) is 0 Å². The van der Waals surface area contributed by atoms with Crippen molar-refractivity contribution in [2.24, 2.45) is 5.73 Å². The lowest BCUT2D eigenvalue weighted by Crippen LogP contribution is -2.26. The number of rotatable bonds is 2. The molecule has 1 fully saturated rings. The number of esters is 1. The van der Waals surface area contributed by atoms with Crippen molar-refractivity contribution in [1.29, 1.82) is 0 Å². The Bertz CT molecular complexity index is 448. The van der Waals surface area contributed by atoms with E-state index in [4.69, 9.17) is 10.5 Å². The summed E-state index contributed by atoms with van der Waals surface area (Å²) in [5.74, 6) is -0.280. The van der Waals surface area contributed by atoms with Crippen LogP contribution in [0.1, 0.15) is 37.6 Å². The molecule has 0 radical (unpaired) electrons. The summed E-state index contributed by atoms with van der Waals surface area (Å²) < 4.78 is 5.33. The van der Waals surface area contributed by atoms with Gasteiger partial charge in [-0.1, -0.05) is 0 Å². The predicted octanol–water partition coefficient (Wildman–Crippen LogP) is 2.18. The summed E-state index contributed by atoms with van der Waals surface area (Å²) in [6.07, 6.45) is 1.02. The summed E-state index contributed by atoms with van der Waals surface area (Å²) in [4.78, 5) is 14.1. The minimum absolute atomic E-state index is 0.255. The van der Waals surface area contributed by atoms with E-state index < -0.39 is 5.60 Å². The fraction of sp³-hybridized carbons (Fsp3) is 0.533. The van der Waals surface area contributed by atoms with E-state index in [0.717, 1.165) is 25.2 Å². The number of ether oxygens (including phenoxy) is 1. The van der Waals surface area contributed by atoms with Crippen molar-refractivity contribution in [3.05, 3.63) is 29.8 Å². The first kappa shape index (κ1) is 13.9. The summed E-state index contributed by atoms with van der Waals surface area (Å²) in [6, 6.07) is 7.79. The molecule has 4 nitrogen and oxygen atoms in total. The van der Waals surface area contributed by atoms with Crippen molar-refractivity contribution in [1.82, 2.24) is 0 Å². The van der Waals surface area contributed by atoms with Crippen LogP contribution in [0.5, 0.6) is 0 Å². The fourth-order valence-electron chi connectivity index (χ4n) is 2.17. The van der Waals surface area contributed by atoms with E-state index in [2.05, 4.69) is 4.90 Å². The Kier molecular flexibility index (Phi) is 3.80. The van der Waals surface area contributed by atoms with Gasteiger partial charge in [0.2, 0.25) is 0 Å². The van der Waals surface area contributed by atoms with Crippen LogP contribution in [0, 0.1) is 0 Å². The Labute approximate surface area is 114 Å². The van der Waals surface area contributed by atoms with Crippen molar-refractivity contribution in [3.8, 4) is 0 Å². The minimum Gasteiger partial charge on any atom is -0.456 e. The average molecular weight is 262 g/mol. The molecule has 1 saturated heterocycles. The third-order valence-electron chi connectivity index (χ3n) is 3.09. The highest BCUT2D eigenvalue weighted by atomic mass is 16.6. The molecule has 0 amide bonds. The van der Waals surface area contributed by atoms with Gasteiger partial charge in [-0.05, 0) is 51.5 Å². The zero-order valence-corrected chi connectivity index (χ0v) is 11.8. The van der Waals surface area contributed by atoms with E-state index in [1.807, 2.05) is 45.0 Å². The highest BCUT2D eigenvalue weighted by molar-refractivity contribution is 5.90. The van der Waals surface area contributed by atoms with E-state index in [1.165, 1.54) is 0 Å². The maximum absolute atomic E-state index is 11.9. The quantitative estimate of drug-likeness (QED) is 0.830. The van der Waals surface area contributed by atoms with Gasteiger partial charge in [0, 0.05) is 24.8 Å². The van der Waals surface area contributed by atoms with Crippen LogP contribution in [0.25, 0.3) is 0 Å². The first-order valence-electron chi connectivity index (χ1n) is 6.69. The number of anilines is 1. The molecule has 1 aliphatic rings. The predicted molar refractivity (Wildman–Crippen MR) is 76.4 cm³/mol. The van der Waals surface area contributed by atoms with Crippen molar-refractivity contribution in [3.63, 3.8) is 0 Å². The van der Waals surface area contributed by atoms with E-state index >= 15 is 0 Å². The fourth-order valence-corrected chi connectivity index (χ4v) is 2.17. The molecule has 19 heavy (non-hydrogen) atoms. The molecule has 1 aliphatic heterocycles. The van der Waals surface area contributed by atoms with E-state index in [1.54, 1.807) is 0 Å². The Balaban J connectivity index is 2.04. The number of nitrogens with zero attached hydrogens (tertiary/aromatic N) is 1. The zero-order valence-electron chi connectivity index (χ0n) is 11.8. The van der Waals surface area contributed by atoms with Crippen LogP contribution in [-0.4, -0.2) is 30.7 Å². The maximum atomic E-state index is 11.9. The number of hydrogen-bond donors (Lipinski definition) is 1. The van der Waals surface area contributed by atoms with Gasteiger partial charge in [0.15, 0.2) is 0 Å². The third kappa shape index (κ3) is 3.70. The molecule has 0 aromatic heterocycles. The molecule has 0 saturated carbocycles. The van der Waals surface area contributed by atoms with Gasteiger partial charge in [0.25, 0.3) is 0 Å². The first-order valence-corrected chi connectivity index (χ1v) is 6.69. The second-order valence-corrected chi connectivity index (χ2v) is 6.04.